The predicted octanol–water partition coefficient (Wildman–Crippen LogP) is 3.61. The van der Waals surface area contributed by atoms with Gasteiger partial charge in [-0.3, -0.25) is 4.90 Å². The van der Waals surface area contributed by atoms with Crippen molar-refractivity contribution < 1.29 is 4.39 Å². The molecule has 0 bridgehead atoms. The van der Waals surface area contributed by atoms with Crippen LogP contribution in [0.25, 0.3) is 0 Å². The summed E-state index contributed by atoms with van der Waals surface area (Å²) in [5, 5.41) is 0.155. The summed E-state index contributed by atoms with van der Waals surface area (Å²) in [6.45, 7) is 6.69. The minimum absolute atomic E-state index is 0.155. The summed E-state index contributed by atoms with van der Waals surface area (Å²) in [5.74, 6) is 0.154. The third kappa shape index (κ3) is 6.32. The molecule has 0 atom stereocenters. The van der Waals surface area contributed by atoms with Gasteiger partial charge in [-0.05, 0) is 23.6 Å². The molecule has 0 aliphatic rings. The summed E-state index contributed by atoms with van der Waals surface area (Å²) < 4.78 is 13.4. The standard InChI is InChI=1S/C14H20ClFN2S/c1-10(2)8-18(6-5-14(17)19)9-11-3-4-12(15)13(16)7-11/h3-4,7,10H,5-6,8-9H2,1-2H3,(H2,17,19). The zero-order valence-corrected chi connectivity index (χ0v) is 12.9. The highest BCUT2D eigenvalue weighted by Gasteiger charge is 2.10. The summed E-state index contributed by atoms with van der Waals surface area (Å²) in [4.78, 5) is 2.74. The van der Waals surface area contributed by atoms with Gasteiger partial charge in [0.05, 0.1) is 10.0 Å². The van der Waals surface area contributed by atoms with Gasteiger partial charge in [-0.15, -0.1) is 0 Å². The molecule has 19 heavy (non-hydrogen) atoms. The smallest absolute Gasteiger partial charge is 0.142 e. The molecule has 2 N–H and O–H groups in total. The zero-order valence-electron chi connectivity index (χ0n) is 11.3. The number of nitrogens with two attached hydrogens (primary N) is 1. The molecule has 2 nitrogen and oxygen atoms in total. The largest absolute Gasteiger partial charge is 0.393 e. The summed E-state index contributed by atoms with van der Waals surface area (Å²) >= 11 is 10.6. The molecule has 0 amide bonds. The van der Waals surface area contributed by atoms with E-state index in [1.54, 1.807) is 6.07 Å². The number of hydrogen-bond donors (Lipinski definition) is 1. The molecule has 0 aliphatic carbocycles. The Bertz CT molecular complexity index is 437. The second kappa shape index (κ2) is 7.78. The van der Waals surface area contributed by atoms with Crippen molar-refractivity contribution in [2.75, 3.05) is 13.1 Å². The maximum atomic E-state index is 13.4. The van der Waals surface area contributed by atoms with Gasteiger partial charge in [-0.1, -0.05) is 43.7 Å². The first kappa shape index (κ1) is 16.3. The minimum atomic E-state index is -0.377. The zero-order chi connectivity index (χ0) is 14.4. The lowest BCUT2D eigenvalue weighted by atomic mass is 10.1. The highest BCUT2D eigenvalue weighted by atomic mass is 35.5. The maximum absolute atomic E-state index is 13.4. The van der Waals surface area contributed by atoms with Crippen molar-refractivity contribution in [2.45, 2.75) is 26.8 Å². The third-order valence-electron chi connectivity index (χ3n) is 2.69. The van der Waals surface area contributed by atoms with Gasteiger partial charge in [0.15, 0.2) is 0 Å². The SMILES string of the molecule is CC(C)CN(CCC(N)=S)Cc1ccc(Cl)c(F)c1. The molecule has 0 heterocycles. The Labute approximate surface area is 124 Å². The third-order valence-corrected chi connectivity index (χ3v) is 3.20. The molecule has 1 aromatic carbocycles. The van der Waals surface area contributed by atoms with Gasteiger partial charge in [-0.25, -0.2) is 4.39 Å². The second-order valence-corrected chi connectivity index (χ2v) is 6.03. The van der Waals surface area contributed by atoms with Gasteiger partial charge in [0.25, 0.3) is 0 Å². The Balaban J connectivity index is 2.69. The van der Waals surface area contributed by atoms with Gasteiger partial charge in [0, 0.05) is 26.1 Å². The molecular formula is C14H20ClFN2S. The van der Waals surface area contributed by atoms with Gasteiger partial charge >= 0.3 is 0 Å². The number of nitrogens with zero attached hydrogens (tertiary/aromatic N) is 1. The quantitative estimate of drug-likeness (QED) is 0.780. The van der Waals surface area contributed by atoms with Crippen LogP contribution in [0.4, 0.5) is 4.39 Å². The van der Waals surface area contributed by atoms with E-state index in [-0.39, 0.29) is 10.8 Å². The Morgan fingerprint density at radius 2 is 2.16 bits per heavy atom. The fourth-order valence-electron chi connectivity index (χ4n) is 1.92. The van der Waals surface area contributed by atoms with Crippen molar-refractivity contribution in [1.29, 1.82) is 0 Å². The van der Waals surface area contributed by atoms with E-state index in [1.807, 2.05) is 6.07 Å². The van der Waals surface area contributed by atoms with Crippen LogP contribution in [0.3, 0.4) is 0 Å². The van der Waals surface area contributed by atoms with E-state index in [0.717, 1.165) is 18.7 Å². The molecule has 1 rings (SSSR count). The van der Waals surface area contributed by atoms with Crippen molar-refractivity contribution in [3.8, 4) is 0 Å². The van der Waals surface area contributed by atoms with Gasteiger partial charge < -0.3 is 5.73 Å². The number of rotatable bonds is 7. The predicted molar refractivity (Wildman–Crippen MR) is 82.9 cm³/mol. The van der Waals surface area contributed by atoms with Crippen LogP contribution < -0.4 is 5.73 Å². The van der Waals surface area contributed by atoms with E-state index in [2.05, 4.69) is 18.7 Å². The van der Waals surface area contributed by atoms with E-state index < -0.39 is 0 Å². The van der Waals surface area contributed by atoms with Crippen molar-refractivity contribution >= 4 is 28.8 Å². The van der Waals surface area contributed by atoms with Crippen LogP contribution in [0, 0.1) is 11.7 Å². The van der Waals surface area contributed by atoms with Gasteiger partial charge in [-0.2, -0.15) is 0 Å². The average molecular weight is 303 g/mol. The van der Waals surface area contributed by atoms with Crippen LogP contribution >= 0.6 is 23.8 Å². The molecule has 106 valence electrons. The monoisotopic (exact) mass is 302 g/mol. The molecule has 1 aromatic rings. The number of halogens is 2. The molecule has 0 radical (unpaired) electrons. The summed E-state index contributed by atoms with van der Waals surface area (Å²) in [5.41, 5.74) is 6.44. The summed E-state index contributed by atoms with van der Waals surface area (Å²) in [6, 6.07) is 4.92. The summed E-state index contributed by atoms with van der Waals surface area (Å²) in [7, 11) is 0. The number of benzene rings is 1. The normalized spacial score (nSPS) is 11.3. The fourth-order valence-corrected chi connectivity index (χ4v) is 2.12. The van der Waals surface area contributed by atoms with Crippen LogP contribution in [-0.2, 0) is 6.54 Å². The van der Waals surface area contributed by atoms with E-state index in [4.69, 9.17) is 29.6 Å². The second-order valence-electron chi connectivity index (χ2n) is 5.09. The van der Waals surface area contributed by atoms with E-state index in [9.17, 15) is 4.39 Å². The van der Waals surface area contributed by atoms with Crippen LogP contribution in [0.15, 0.2) is 18.2 Å². The first-order chi connectivity index (χ1) is 8.88. The van der Waals surface area contributed by atoms with Crippen LogP contribution in [-0.4, -0.2) is 23.0 Å². The molecule has 0 spiro atoms. The molecule has 0 unspecified atom stereocenters. The van der Waals surface area contributed by atoms with E-state index in [0.29, 0.717) is 23.9 Å². The lowest BCUT2D eigenvalue weighted by Crippen LogP contribution is -2.30. The number of thiocarbonyl (C=S) groups is 1. The molecule has 0 saturated carbocycles. The van der Waals surface area contributed by atoms with E-state index >= 15 is 0 Å². The average Bonchev–Trinajstić information content (AvgIpc) is 2.30. The van der Waals surface area contributed by atoms with Crippen molar-refractivity contribution in [1.82, 2.24) is 4.90 Å². The fraction of sp³-hybridized carbons (Fsp3) is 0.500. The Hall–Kier alpha value is -0.710. The van der Waals surface area contributed by atoms with Crippen molar-refractivity contribution in [2.24, 2.45) is 11.7 Å². The minimum Gasteiger partial charge on any atom is -0.393 e. The van der Waals surface area contributed by atoms with Gasteiger partial charge in [0.2, 0.25) is 0 Å². The maximum Gasteiger partial charge on any atom is 0.142 e. The number of hydrogen-bond acceptors (Lipinski definition) is 2. The molecular weight excluding hydrogens is 283 g/mol. The molecule has 0 aliphatic heterocycles. The Kier molecular flexibility index (Phi) is 6.69. The Morgan fingerprint density at radius 1 is 1.47 bits per heavy atom. The van der Waals surface area contributed by atoms with Crippen molar-refractivity contribution in [3.05, 3.63) is 34.6 Å². The lowest BCUT2D eigenvalue weighted by Gasteiger charge is -2.24. The molecule has 0 saturated heterocycles. The molecule has 0 aromatic heterocycles. The van der Waals surface area contributed by atoms with Crippen LogP contribution in [0.2, 0.25) is 5.02 Å². The first-order valence-electron chi connectivity index (χ1n) is 6.33. The Morgan fingerprint density at radius 3 is 2.68 bits per heavy atom. The summed E-state index contributed by atoms with van der Waals surface area (Å²) in [6.07, 6.45) is 0.679. The lowest BCUT2D eigenvalue weighted by molar-refractivity contribution is 0.242. The highest BCUT2D eigenvalue weighted by Crippen LogP contribution is 2.17. The molecule has 0 fully saturated rings. The van der Waals surface area contributed by atoms with Crippen LogP contribution in [0.5, 0.6) is 0 Å². The first-order valence-corrected chi connectivity index (χ1v) is 7.11. The van der Waals surface area contributed by atoms with Crippen molar-refractivity contribution in [3.63, 3.8) is 0 Å². The molecule has 5 heteroatoms. The topological polar surface area (TPSA) is 29.3 Å². The van der Waals surface area contributed by atoms with E-state index in [1.165, 1.54) is 6.07 Å². The highest BCUT2D eigenvalue weighted by molar-refractivity contribution is 7.80. The van der Waals surface area contributed by atoms with Crippen LogP contribution in [0.1, 0.15) is 25.8 Å². The van der Waals surface area contributed by atoms with Gasteiger partial charge in [0.1, 0.15) is 5.82 Å².